The average Bonchev–Trinajstić information content (AvgIpc) is 2.15. The first-order chi connectivity index (χ1) is 7.57. The highest BCUT2D eigenvalue weighted by Gasteiger charge is 2.33. The molecule has 2 aliphatic carbocycles. The molecule has 0 aliphatic heterocycles. The van der Waals surface area contributed by atoms with Crippen LogP contribution in [0, 0.1) is 11.3 Å². The first-order valence-corrected chi connectivity index (χ1v) is 6.94. The molecule has 0 spiro atoms. The third-order valence-corrected chi connectivity index (χ3v) is 4.47. The topological polar surface area (TPSA) is 35.2 Å². The Kier molecular flexibility index (Phi) is 3.91. The number of ether oxygens (including phenoxy) is 1. The lowest BCUT2D eigenvalue weighted by molar-refractivity contribution is -0.0263. The predicted octanol–water partition coefficient (Wildman–Crippen LogP) is 3.10. The van der Waals surface area contributed by atoms with E-state index >= 15 is 0 Å². The summed E-state index contributed by atoms with van der Waals surface area (Å²) in [6, 6.07) is 0.273. The molecule has 2 atom stereocenters. The van der Waals surface area contributed by atoms with Gasteiger partial charge in [-0.3, -0.25) is 0 Å². The first-order valence-electron chi connectivity index (χ1n) is 6.94. The van der Waals surface area contributed by atoms with Gasteiger partial charge in [0.05, 0.1) is 6.10 Å². The maximum Gasteiger partial charge on any atom is 0.0731 e. The lowest BCUT2D eigenvalue weighted by atomic mass is 9.74. The molecule has 16 heavy (non-hydrogen) atoms. The summed E-state index contributed by atoms with van der Waals surface area (Å²) in [5.41, 5.74) is 6.57. The number of nitrogens with two attached hydrogens (primary N) is 1. The van der Waals surface area contributed by atoms with Crippen LogP contribution in [0.2, 0.25) is 0 Å². The third kappa shape index (κ3) is 3.21. The highest BCUT2D eigenvalue weighted by molar-refractivity contribution is 4.88. The summed E-state index contributed by atoms with van der Waals surface area (Å²) in [5, 5.41) is 0. The van der Waals surface area contributed by atoms with Gasteiger partial charge in [-0.2, -0.15) is 0 Å². The molecule has 0 amide bonds. The molecule has 2 N–H and O–H groups in total. The van der Waals surface area contributed by atoms with E-state index in [1.165, 1.54) is 32.1 Å². The largest absolute Gasteiger partial charge is 0.377 e. The van der Waals surface area contributed by atoms with Crippen molar-refractivity contribution in [1.82, 2.24) is 0 Å². The molecule has 2 fully saturated rings. The fourth-order valence-corrected chi connectivity index (χ4v) is 2.89. The van der Waals surface area contributed by atoms with Crippen molar-refractivity contribution in [3.8, 4) is 0 Å². The van der Waals surface area contributed by atoms with E-state index in [1.54, 1.807) is 0 Å². The van der Waals surface area contributed by atoms with Gasteiger partial charge in [-0.15, -0.1) is 0 Å². The summed E-state index contributed by atoms with van der Waals surface area (Å²) < 4.78 is 6.01. The molecule has 0 heterocycles. The SMILES string of the molecule is CC1(C)CCC(N)C(OCCC2CCC2)C1. The van der Waals surface area contributed by atoms with Gasteiger partial charge < -0.3 is 10.5 Å². The molecule has 2 saturated carbocycles. The highest BCUT2D eigenvalue weighted by atomic mass is 16.5. The van der Waals surface area contributed by atoms with E-state index < -0.39 is 0 Å². The average molecular weight is 225 g/mol. The Hall–Kier alpha value is -0.0800. The van der Waals surface area contributed by atoms with Crippen LogP contribution in [0.15, 0.2) is 0 Å². The van der Waals surface area contributed by atoms with Gasteiger partial charge in [-0.25, -0.2) is 0 Å². The molecule has 0 aromatic carbocycles. The second kappa shape index (κ2) is 5.05. The fraction of sp³-hybridized carbons (Fsp3) is 1.00. The molecule has 2 unspecified atom stereocenters. The number of hydrogen-bond acceptors (Lipinski definition) is 2. The highest BCUT2D eigenvalue weighted by Crippen LogP contribution is 2.36. The van der Waals surface area contributed by atoms with Crippen LogP contribution in [0.1, 0.15) is 58.8 Å². The minimum absolute atomic E-state index is 0.273. The van der Waals surface area contributed by atoms with Crippen molar-refractivity contribution in [3.63, 3.8) is 0 Å². The molecule has 2 rings (SSSR count). The zero-order chi connectivity index (χ0) is 11.6. The van der Waals surface area contributed by atoms with E-state index in [0.717, 1.165) is 25.4 Å². The zero-order valence-electron chi connectivity index (χ0n) is 10.9. The van der Waals surface area contributed by atoms with Gasteiger partial charge in [0.25, 0.3) is 0 Å². The molecular formula is C14H27NO. The van der Waals surface area contributed by atoms with Crippen LogP contribution in [-0.2, 0) is 4.74 Å². The Morgan fingerprint density at radius 3 is 2.62 bits per heavy atom. The summed E-state index contributed by atoms with van der Waals surface area (Å²) >= 11 is 0. The van der Waals surface area contributed by atoms with E-state index in [9.17, 15) is 0 Å². The van der Waals surface area contributed by atoms with E-state index in [0.29, 0.717) is 11.5 Å². The summed E-state index contributed by atoms with van der Waals surface area (Å²) in [7, 11) is 0. The maximum absolute atomic E-state index is 6.14. The normalized spacial score (nSPS) is 34.7. The molecule has 0 aromatic rings. The van der Waals surface area contributed by atoms with Gasteiger partial charge in [-0.05, 0) is 37.0 Å². The predicted molar refractivity (Wildman–Crippen MR) is 67.3 cm³/mol. The molecule has 0 radical (unpaired) electrons. The second-order valence-corrected chi connectivity index (χ2v) is 6.57. The third-order valence-electron chi connectivity index (χ3n) is 4.47. The molecule has 0 saturated heterocycles. The smallest absolute Gasteiger partial charge is 0.0731 e. The van der Waals surface area contributed by atoms with Gasteiger partial charge in [0, 0.05) is 12.6 Å². The minimum Gasteiger partial charge on any atom is -0.377 e. The van der Waals surface area contributed by atoms with Crippen LogP contribution in [-0.4, -0.2) is 18.8 Å². The minimum atomic E-state index is 0.273. The van der Waals surface area contributed by atoms with Gasteiger partial charge in [0.1, 0.15) is 0 Å². The standard InChI is InChI=1S/C14H27NO/c1-14(2)8-6-12(15)13(10-14)16-9-7-11-4-3-5-11/h11-13H,3-10,15H2,1-2H3. The lowest BCUT2D eigenvalue weighted by Gasteiger charge is -2.39. The van der Waals surface area contributed by atoms with Crippen LogP contribution in [0.5, 0.6) is 0 Å². The quantitative estimate of drug-likeness (QED) is 0.798. The zero-order valence-corrected chi connectivity index (χ0v) is 10.9. The molecule has 94 valence electrons. The number of rotatable bonds is 4. The molecule has 2 nitrogen and oxygen atoms in total. The van der Waals surface area contributed by atoms with Crippen molar-refractivity contribution in [2.24, 2.45) is 17.1 Å². The summed E-state index contributed by atoms with van der Waals surface area (Å²) in [6.07, 6.45) is 9.35. The first kappa shape index (κ1) is 12.4. The van der Waals surface area contributed by atoms with Gasteiger partial charge in [-0.1, -0.05) is 33.1 Å². The van der Waals surface area contributed by atoms with Crippen molar-refractivity contribution in [3.05, 3.63) is 0 Å². The van der Waals surface area contributed by atoms with Crippen molar-refractivity contribution < 1.29 is 4.74 Å². The van der Waals surface area contributed by atoms with Crippen molar-refractivity contribution in [2.45, 2.75) is 70.9 Å². The van der Waals surface area contributed by atoms with Crippen LogP contribution >= 0.6 is 0 Å². The Morgan fingerprint density at radius 2 is 2.00 bits per heavy atom. The summed E-state index contributed by atoms with van der Waals surface area (Å²) in [5.74, 6) is 0.952. The fourth-order valence-electron chi connectivity index (χ4n) is 2.89. The molecule has 0 bridgehead atoms. The lowest BCUT2D eigenvalue weighted by Crippen LogP contribution is -2.44. The van der Waals surface area contributed by atoms with E-state index in [2.05, 4.69) is 13.8 Å². The number of hydrogen-bond donors (Lipinski definition) is 1. The van der Waals surface area contributed by atoms with Crippen molar-refractivity contribution >= 4 is 0 Å². The monoisotopic (exact) mass is 225 g/mol. The van der Waals surface area contributed by atoms with Crippen LogP contribution < -0.4 is 5.73 Å². The van der Waals surface area contributed by atoms with E-state index in [1.807, 2.05) is 0 Å². The second-order valence-electron chi connectivity index (χ2n) is 6.57. The molecule has 0 aromatic heterocycles. The summed E-state index contributed by atoms with van der Waals surface area (Å²) in [6.45, 7) is 5.60. The Bertz CT molecular complexity index is 223. The van der Waals surface area contributed by atoms with Crippen molar-refractivity contribution in [1.29, 1.82) is 0 Å². The van der Waals surface area contributed by atoms with E-state index in [-0.39, 0.29) is 6.04 Å². The summed E-state index contributed by atoms with van der Waals surface area (Å²) in [4.78, 5) is 0. The molecule has 2 aliphatic rings. The van der Waals surface area contributed by atoms with Gasteiger partial charge in [0.15, 0.2) is 0 Å². The van der Waals surface area contributed by atoms with Gasteiger partial charge >= 0.3 is 0 Å². The van der Waals surface area contributed by atoms with Gasteiger partial charge in [0.2, 0.25) is 0 Å². The van der Waals surface area contributed by atoms with Crippen molar-refractivity contribution in [2.75, 3.05) is 6.61 Å². The Morgan fingerprint density at radius 1 is 1.25 bits per heavy atom. The molecular weight excluding hydrogens is 198 g/mol. The Balaban J connectivity index is 1.69. The Labute approximate surface area is 99.9 Å². The van der Waals surface area contributed by atoms with Crippen LogP contribution in [0.4, 0.5) is 0 Å². The van der Waals surface area contributed by atoms with E-state index in [4.69, 9.17) is 10.5 Å². The maximum atomic E-state index is 6.14. The molecule has 2 heteroatoms. The van der Waals surface area contributed by atoms with Crippen LogP contribution in [0.25, 0.3) is 0 Å². The van der Waals surface area contributed by atoms with Crippen LogP contribution in [0.3, 0.4) is 0 Å².